The molecule has 2 heterocycles. The molecule has 7 nitrogen and oxygen atoms in total. The number of ether oxygens (including phenoxy) is 2. The van der Waals surface area contributed by atoms with E-state index in [2.05, 4.69) is 22.9 Å². The van der Waals surface area contributed by atoms with Gasteiger partial charge in [-0.2, -0.15) is 5.26 Å². The SMILES string of the molecule is CCCCC(=O)OC(C)c1cc2c(cn1)CC(=O)C(C#N)=C2N1CCC(C)(OC)CC1. The molecular formula is C24H31N3O4. The van der Waals surface area contributed by atoms with E-state index in [1.165, 1.54) is 0 Å². The Balaban J connectivity index is 1.91. The smallest absolute Gasteiger partial charge is 0.306 e. The maximum absolute atomic E-state index is 12.7. The normalized spacial score (nSPS) is 18.9. The molecule has 3 rings (SSSR count). The highest BCUT2D eigenvalue weighted by molar-refractivity contribution is 6.09. The lowest BCUT2D eigenvalue weighted by Gasteiger charge is -2.41. The topological polar surface area (TPSA) is 92.5 Å². The third-order valence-electron chi connectivity index (χ3n) is 6.33. The number of hydrogen-bond acceptors (Lipinski definition) is 7. The van der Waals surface area contributed by atoms with Crippen LogP contribution in [0.15, 0.2) is 17.8 Å². The predicted molar refractivity (Wildman–Crippen MR) is 116 cm³/mol. The Kier molecular flexibility index (Phi) is 7.11. The molecular weight excluding hydrogens is 394 g/mol. The third kappa shape index (κ3) is 4.96. The summed E-state index contributed by atoms with van der Waals surface area (Å²) in [4.78, 5) is 31.3. The van der Waals surface area contributed by atoms with E-state index in [1.807, 2.05) is 13.0 Å². The average Bonchev–Trinajstić information content (AvgIpc) is 2.77. The molecule has 0 spiro atoms. The number of esters is 1. The average molecular weight is 426 g/mol. The van der Waals surface area contributed by atoms with Gasteiger partial charge in [-0.25, -0.2) is 0 Å². The Morgan fingerprint density at radius 2 is 2.10 bits per heavy atom. The van der Waals surface area contributed by atoms with Gasteiger partial charge in [0.25, 0.3) is 0 Å². The molecule has 166 valence electrons. The highest BCUT2D eigenvalue weighted by Gasteiger charge is 2.35. The van der Waals surface area contributed by atoms with Gasteiger partial charge in [0.2, 0.25) is 0 Å². The van der Waals surface area contributed by atoms with E-state index in [0.29, 0.717) is 30.9 Å². The molecule has 1 aromatic heterocycles. The van der Waals surface area contributed by atoms with Crippen LogP contribution < -0.4 is 0 Å². The van der Waals surface area contributed by atoms with Gasteiger partial charge in [0.1, 0.15) is 17.7 Å². The lowest BCUT2D eigenvalue weighted by atomic mass is 9.86. The van der Waals surface area contributed by atoms with E-state index in [-0.39, 0.29) is 29.3 Å². The third-order valence-corrected chi connectivity index (χ3v) is 6.33. The minimum absolute atomic E-state index is 0.156. The standard InChI is InChI=1S/C24H31N3O4/c1-5-6-7-22(29)31-16(2)20-13-18-17(15-26-20)12-21(28)19(14-25)23(18)27-10-8-24(3,30-4)9-11-27/h13,15-16H,5-12H2,1-4H3. The molecule has 31 heavy (non-hydrogen) atoms. The minimum atomic E-state index is -0.503. The number of pyridine rings is 1. The summed E-state index contributed by atoms with van der Waals surface area (Å²) in [5.41, 5.74) is 2.91. The largest absolute Gasteiger partial charge is 0.456 e. The number of Topliss-reactive ketones (excluding diaryl/α,β-unsaturated/α-hetero) is 1. The highest BCUT2D eigenvalue weighted by atomic mass is 16.5. The Bertz CT molecular complexity index is 923. The Morgan fingerprint density at radius 1 is 1.39 bits per heavy atom. The van der Waals surface area contributed by atoms with Crippen molar-refractivity contribution in [1.82, 2.24) is 9.88 Å². The van der Waals surface area contributed by atoms with Gasteiger partial charge in [-0.3, -0.25) is 14.6 Å². The van der Waals surface area contributed by atoms with Gasteiger partial charge in [0.05, 0.1) is 17.0 Å². The Labute approximate surface area is 184 Å². The molecule has 1 fully saturated rings. The first-order valence-corrected chi connectivity index (χ1v) is 11.0. The number of carbonyl (C=O) groups excluding carboxylic acids is 2. The molecule has 1 aromatic rings. The summed E-state index contributed by atoms with van der Waals surface area (Å²) in [7, 11) is 1.72. The minimum Gasteiger partial charge on any atom is -0.456 e. The number of nitrogens with zero attached hydrogens (tertiary/aromatic N) is 3. The fraction of sp³-hybridized carbons (Fsp3) is 0.583. The van der Waals surface area contributed by atoms with Crippen LogP contribution in [-0.4, -0.2) is 47.4 Å². The zero-order valence-electron chi connectivity index (χ0n) is 18.9. The number of unbranched alkanes of at least 4 members (excludes halogenated alkanes) is 1. The quantitative estimate of drug-likeness (QED) is 0.615. The number of methoxy groups -OCH3 is 1. The maximum atomic E-state index is 12.7. The van der Waals surface area contributed by atoms with Crippen molar-refractivity contribution in [3.8, 4) is 6.07 Å². The lowest BCUT2D eigenvalue weighted by Crippen LogP contribution is -2.43. The zero-order valence-corrected chi connectivity index (χ0v) is 18.9. The first kappa shape index (κ1) is 23.0. The van der Waals surface area contributed by atoms with Crippen LogP contribution >= 0.6 is 0 Å². The van der Waals surface area contributed by atoms with Crippen LogP contribution in [0.25, 0.3) is 5.70 Å². The van der Waals surface area contributed by atoms with Crippen molar-refractivity contribution >= 4 is 17.4 Å². The zero-order chi connectivity index (χ0) is 22.6. The number of rotatable bonds is 7. The van der Waals surface area contributed by atoms with Gasteiger partial charge in [0.15, 0.2) is 5.78 Å². The van der Waals surface area contributed by atoms with Gasteiger partial charge in [-0.05, 0) is 44.7 Å². The van der Waals surface area contributed by atoms with Crippen LogP contribution in [0, 0.1) is 11.3 Å². The van der Waals surface area contributed by atoms with Gasteiger partial charge < -0.3 is 14.4 Å². The van der Waals surface area contributed by atoms with Gasteiger partial charge in [-0.1, -0.05) is 13.3 Å². The second kappa shape index (κ2) is 9.61. The van der Waals surface area contributed by atoms with E-state index in [0.717, 1.165) is 36.8 Å². The van der Waals surface area contributed by atoms with E-state index in [1.54, 1.807) is 20.2 Å². The number of ketones is 1. The summed E-state index contributed by atoms with van der Waals surface area (Å²) >= 11 is 0. The van der Waals surface area contributed by atoms with E-state index in [4.69, 9.17) is 9.47 Å². The molecule has 1 aliphatic carbocycles. The summed E-state index contributed by atoms with van der Waals surface area (Å²) in [6.45, 7) is 7.29. The van der Waals surface area contributed by atoms with Crippen LogP contribution in [-0.2, 0) is 25.5 Å². The predicted octanol–water partition coefficient (Wildman–Crippen LogP) is 3.74. The van der Waals surface area contributed by atoms with Gasteiger partial charge in [-0.15, -0.1) is 0 Å². The van der Waals surface area contributed by atoms with Crippen molar-refractivity contribution in [3.63, 3.8) is 0 Å². The number of nitriles is 1. The Morgan fingerprint density at radius 3 is 2.71 bits per heavy atom. The fourth-order valence-corrected chi connectivity index (χ4v) is 4.10. The molecule has 0 aromatic carbocycles. The molecule has 0 bridgehead atoms. The van der Waals surface area contributed by atoms with Crippen molar-refractivity contribution in [2.24, 2.45) is 0 Å². The molecule has 1 atom stereocenters. The molecule has 1 aliphatic heterocycles. The summed E-state index contributed by atoms with van der Waals surface area (Å²) < 4.78 is 11.2. The second-order valence-electron chi connectivity index (χ2n) is 8.58. The number of carbonyl (C=O) groups is 2. The number of aromatic nitrogens is 1. The first-order valence-electron chi connectivity index (χ1n) is 11.0. The maximum Gasteiger partial charge on any atom is 0.306 e. The monoisotopic (exact) mass is 425 g/mol. The molecule has 1 saturated heterocycles. The number of fused-ring (bicyclic) bond motifs is 1. The molecule has 2 aliphatic rings. The van der Waals surface area contributed by atoms with Crippen LogP contribution in [0.4, 0.5) is 0 Å². The summed E-state index contributed by atoms with van der Waals surface area (Å²) in [6.07, 6.45) is 5.04. The molecule has 1 unspecified atom stereocenters. The van der Waals surface area contributed by atoms with Crippen molar-refractivity contribution in [2.45, 2.75) is 71.0 Å². The Hall–Kier alpha value is -2.72. The van der Waals surface area contributed by atoms with Crippen molar-refractivity contribution in [2.75, 3.05) is 20.2 Å². The van der Waals surface area contributed by atoms with Gasteiger partial charge in [0, 0.05) is 44.8 Å². The first-order chi connectivity index (χ1) is 14.8. The van der Waals surface area contributed by atoms with E-state index >= 15 is 0 Å². The molecule has 0 N–H and O–H groups in total. The van der Waals surface area contributed by atoms with E-state index < -0.39 is 6.10 Å². The van der Waals surface area contributed by atoms with Crippen LogP contribution in [0.5, 0.6) is 0 Å². The summed E-state index contributed by atoms with van der Waals surface area (Å²) in [5.74, 6) is -0.425. The van der Waals surface area contributed by atoms with Crippen molar-refractivity contribution in [3.05, 3.63) is 34.7 Å². The fourth-order valence-electron chi connectivity index (χ4n) is 4.10. The molecule has 7 heteroatoms. The van der Waals surface area contributed by atoms with Crippen molar-refractivity contribution in [1.29, 1.82) is 5.26 Å². The summed E-state index contributed by atoms with van der Waals surface area (Å²) in [6, 6.07) is 4.00. The number of hydrogen-bond donors (Lipinski definition) is 0. The van der Waals surface area contributed by atoms with Gasteiger partial charge >= 0.3 is 5.97 Å². The second-order valence-corrected chi connectivity index (χ2v) is 8.58. The van der Waals surface area contributed by atoms with E-state index in [9.17, 15) is 14.9 Å². The van der Waals surface area contributed by atoms with Crippen LogP contribution in [0.2, 0.25) is 0 Å². The lowest BCUT2D eigenvalue weighted by molar-refractivity contribution is -0.148. The van der Waals surface area contributed by atoms with Crippen LogP contribution in [0.3, 0.4) is 0 Å². The van der Waals surface area contributed by atoms with Crippen molar-refractivity contribution < 1.29 is 19.1 Å². The highest BCUT2D eigenvalue weighted by Crippen LogP contribution is 2.37. The summed E-state index contributed by atoms with van der Waals surface area (Å²) in [5, 5.41) is 9.75. The molecule has 0 amide bonds. The molecule has 0 radical (unpaired) electrons. The van der Waals surface area contributed by atoms with Crippen LogP contribution in [0.1, 0.15) is 75.8 Å². The number of allylic oxidation sites excluding steroid dienone is 1. The molecule has 0 saturated carbocycles. The number of piperidine rings is 1. The number of likely N-dealkylation sites (tertiary alicyclic amines) is 1.